The molecular weight excluding hydrogens is 154 g/mol. The van der Waals surface area contributed by atoms with E-state index in [2.05, 4.69) is 10.4 Å². The molecule has 0 radical (unpaired) electrons. The van der Waals surface area contributed by atoms with Crippen molar-refractivity contribution in [2.75, 3.05) is 11.9 Å². The predicted octanol–water partition coefficient (Wildman–Crippen LogP) is 0.603. The Balaban J connectivity index is 2.24. The Bertz CT molecular complexity index is 232. The van der Waals surface area contributed by atoms with Crippen molar-refractivity contribution < 1.29 is 5.11 Å². The standard InChI is InChI=1S/C8H15N3O/c1-7(12)3-4-9-8-5-10-11(2)6-8/h5-7,9,12H,3-4H2,1-2H3. The van der Waals surface area contributed by atoms with Crippen LogP contribution < -0.4 is 5.32 Å². The lowest BCUT2D eigenvalue weighted by atomic mass is 10.3. The largest absolute Gasteiger partial charge is 0.393 e. The van der Waals surface area contributed by atoms with E-state index in [1.807, 2.05) is 13.2 Å². The molecule has 4 heteroatoms. The molecule has 1 aromatic heterocycles. The van der Waals surface area contributed by atoms with E-state index in [1.54, 1.807) is 17.8 Å². The molecule has 0 saturated carbocycles. The van der Waals surface area contributed by atoms with Crippen LogP contribution in [0.15, 0.2) is 12.4 Å². The first-order chi connectivity index (χ1) is 5.68. The van der Waals surface area contributed by atoms with E-state index in [4.69, 9.17) is 5.11 Å². The smallest absolute Gasteiger partial charge is 0.0726 e. The zero-order valence-electron chi connectivity index (χ0n) is 7.49. The SMILES string of the molecule is CC(O)CCNc1cnn(C)c1. The van der Waals surface area contributed by atoms with Crippen molar-refractivity contribution >= 4 is 5.69 Å². The molecule has 0 bridgehead atoms. The topological polar surface area (TPSA) is 50.1 Å². The van der Waals surface area contributed by atoms with Gasteiger partial charge in [-0.3, -0.25) is 4.68 Å². The summed E-state index contributed by atoms with van der Waals surface area (Å²) in [4.78, 5) is 0. The summed E-state index contributed by atoms with van der Waals surface area (Å²) in [7, 11) is 1.87. The van der Waals surface area contributed by atoms with E-state index >= 15 is 0 Å². The minimum absolute atomic E-state index is 0.242. The van der Waals surface area contributed by atoms with Crippen molar-refractivity contribution in [2.24, 2.45) is 7.05 Å². The average Bonchev–Trinajstić information content (AvgIpc) is 2.35. The summed E-state index contributed by atoms with van der Waals surface area (Å²) in [6, 6.07) is 0. The Kier molecular flexibility index (Phi) is 3.10. The van der Waals surface area contributed by atoms with Crippen molar-refractivity contribution in [3.8, 4) is 0 Å². The van der Waals surface area contributed by atoms with Gasteiger partial charge in [-0.2, -0.15) is 5.10 Å². The first-order valence-corrected chi connectivity index (χ1v) is 4.09. The molecule has 0 amide bonds. The zero-order chi connectivity index (χ0) is 8.97. The van der Waals surface area contributed by atoms with E-state index in [0.29, 0.717) is 0 Å². The van der Waals surface area contributed by atoms with Gasteiger partial charge in [0, 0.05) is 19.8 Å². The summed E-state index contributed by atoms with van der Waals surface area (Å²) in [6.45, 7) is 2.56. The zero-order valence-corrected chi connectivity index (χ0v) is 7.49. The maximum absolute atomic E-state index is 8.97. The summed E-state index contributed by atoms with van der Waals surface area (Å²) < 4.78 is 1.74. The molecule has 1 heterocycles. The van der Waals surface area contributed by atoms with Gasteiger partial charge in [-0.1, -0.05) is 0 Å². The number of nitrogens with zero attached hydrogens (tertiary/aromatic N) is 2. The minimum atomic E-state index is -0.242. The van der Waals surface area contributed by atoms with Crippen LogP contribution in [0.5, 0.6) is 0 Å². The summed E-state index contributed by atoms with van der Waals surface area (Å²) in [6.07, 6.45) is 4.19. The van der Waals surface area contributed by atoms with Gasteiger partial charge in [-0.25, -0.2) is 0 Å². The van der Waals surface area contributed by atoms with Crippen LogP contribution in [-0.4, -0.2) is 27.5 Å². The summed E-state index contributed by atoms with van der Waals surface area (Å²) >= 11 is 0. The van der Waals surface area contributed by atoms with Crippen LogP contribution in [0.1, 0.15) is 13.3 Å². The highest BCUT2D eigenvalue weighted by Crippen LogP contribution is 2.03. The Labute approximate surface area is 72.2 Å². The minimum Gasteiger partial charge on any atom is -0.393 e. The van der Waals surface area contributed by atoms with Gasteiger partial charge in [0.2, 0.25) is 0 Å². The number of aliphatic hydroxyl groups is 1. The first-order valence-electron chi connectivity index (χ1n) is 4.09. The molecule has 0 aliphatic heterocycles. The van der Waals surface area contributed by atoms with Crippen LogP contribution in [0.2, 0.25) is 0 Å². The van der Waals surface area contributed by atoms with Crippen molar-refractivity contribution in [1.29, 1.82) is 0 Å². The van der Waals surface area contributed by atoms with E-state index in [0.717, 1.165) is 18.7 Å². The lowest BCUT2D eigenvalue weighted by Crippen LogP contribution is -2.09. The second kappa shape index (κ2) is 4.11. The third-order valence-electron chi connectivity index (χ3n) is 1.60. The van der Waals surface area contributed by atoms with Crippen LogP contribution in [0.4, 0.5) is 5.69 Å². The molecule has 0 aromatic carbocycles. The number of nitrogens with one attached hydrogen (secondary N) is 1. The first kappa shape index (κ1) is 9.06. The Hall–Kier alpha value is -1.03. The van der Waals surface area contributed by atoms with Gasteiger partial charge in [-0.05, 0) is 13.3 Å². The van der Waals surface area contributed by atoms with Crippen molar-refractivity contribution in [2.45, 2.75) is 19.4 Å². The third-order valence-corrected chi connectivity index (χ3v) is 1.60. The molecule has 1 unspecified atom stereocenters. The lowest BCUT2D eigenvalue weighted by molar-refractivity contribution is 0.189. The number of aromatic nitrogens is 2. The van der Waals surface area contributed by atoms with Crippen molar-refractivity contribution in [3.05, 3.63) is 12.4 Å². The van der Waals surface area contributed by atoms with Crippen LogP contribution in [0.3, 0.4) is 0 Å². The number of aryl methyl sites for hydroxylation is 1. The second-order valence-electron chi connectivity index (χ2n) is 2.97. The highest BCUT2D eigenvalue weighted by atomic mass is 16.3. The van der Waals surface area contributed by atoms with E-state index < -0.39 is 0 Å². The van der Waals surface area contributed by atoms with Gasteiger partial charge in [0.1, 0.15) is 0 Å². The number of rotatable bonds is 4. The van der Waals surface area contributed by atoms with Gasteiger partial charge in [-0.15, -0.1) is 0 Å². The number of anilines is 1. The molecule has 0 aliphatic rings. The van der Waals surface area contributed by atoms with E-state index in [1.165, 1.54) is 0 Å². The molecule has 2 N–H and O–H groups in total. The third kappa shape index (κ3) is 2.92. The molecule has 68 valence electrons. The predicted molar refractivity (Wildman–Crippen MR) is 48.0 cm³/mol. The fraction of sp³-hybridized carbons (Fsp3) is 0.625. The molecule has 0 fully saturated rings. The quantitative estimate of drug-likeness (QED) is 0.694. The van der Waals surface area contributed by atoms with Gasteiger partial charge < -0.3 is 10.4 Å². The number of hydrogen-bond donors (Lipinski definition) is 2. The van der Waals surface area contributed by atoms with Crippen LogP contribution in [0.25, 0.3) is 0 Å². The molecule has 0 aliphatic carbocycles. The highest BCUT2D eigenvalue weighted by molar-refractivity contribution is 5.37. The molecule has 1 rings (SSSR count). The van der Waals surface area contributed by atoms with E-state index in [9.17, 15) is 0 Å². The Morgan fingerprint density at radius 3 is 3.00 bits per heavy atom. The maximum atomic E-state index is 8.97. The van der Waals surface area contributed by atoms with Gasteiger partial charge in [0.25, 0.3) is 0 Å². The molecule has 12 heavy (non-hydrogen) atoms. The normalized spacial score (nSPS) is 12.9. The fourth-order valence-electron chi connectivity index (χ4n) is 0.938. The van der Waals surface area contributed by atoms with Crippen LogP contribution in [0, 0.1) is 0 Å². The molecule has 0 saturated heterocycles. The molecule has 0 spiro atoms. The monoisotopic (exact) mass is 169 g/mol. The van der Waals surface area contributed by atoms with Crippen LogP contribution in [-0.2, 0) is 7.05 Å². The van der Waals surface area contributed by atoms with Gasteiger partial charge in [0.05, 0.1) is 18.0 Å². The van der Waals surface area contributed by atoms with Crippen molar-refractivity contribution in [3.63, 3.8) is 0 Å². The lowest BCUT2D eigenvalue weighted by Gasteiger charge is -2.04. The molecular formula is C8H15N3O. The van der Waals surface area contributed by atoms with Gasteiger partial charge >= 0.3 is 0 Å². The second-order valence-corrected chi connectivity index (χ2v) is 2.97. The summed E-state index contributed by atoms with van der Waals surface area (Å²) in [5, 5.41) is 16.1. The Morgan fingerprint density at radius 1 is 1.75 bits per heavy atom. The van der Waals surface area contributed by atoms with Crippen LogP contribution >= 0.6 is 0 Å². The fourth-order valence-corrected chi connectivity index (χ4v) is 0.938. The average molecular weight is 169 g/mol. The number of hydrogen-bond acceptors (Lipinski definition) is 3. The highest BCUT2D eigenvalue weighted by Gasteiger charge is 1.96. The molecule has 1 atom stereocenters. The maximum Gasteiger partial charge on any atom is 0.0726 e. The molecule has 1 aromatic rings. The summed E-state index contributed by atoms with van der Waals surface area (Å²) in [5.74, 6) is 0. The van der Waals surface area contributed by atoms with Gasteiger partial charge in [0.15, 0.2) is 0 Å². The molecule has 4 nitrogen and oxygen atoms in total. The van der Waals surface area contributed by atoms with Crippen molar-refractivity contribution in [1.82, 2.24) is 9.78 Å². The van der Waals surface area contributed by atoms with E-state index in [-0.39, 0.29) is 6.10 Å². The summed E-state index contributed by atoms with van der Waals surface area (Å²) in [5.41, 5.74) is 0.998. The number of aliphatic hydroxyl groups excluding tert-OH is 1. The Morgan fingerprint density at radius 2 is 2.50 bits per heavy atom.